The van der Waals surface area contributed by atoms with E-state index < -0.39 is 5.97 Å². The molecule has 0 unspecified atom stereocenters. The van der Waals surface area contributed by atoms with E-state index in [0.29, 0.717) is 18.7 Å². The van der Waals surface area contributed by atoms with Gasteiger partial charge < -0.3 is 14.4 Å². The molecule has 1 amide bonds. The number of para-hydroxylation sites is 1. The molecule has 1 aromatic heterocycles. The number of thiophene rings is 1. The maximum atomic E-state index is 12.1. The molecule has 0 atom stereocenters. The predicted octanol–water partition coefficient (Wildman–Crippen LogP) is 3.92. The molecule has 1 heterocycles. The highest BCUT2D eigenvalue weighted by atomic mass is 32.1. The molecule has 150 valence electrons. The number of carbonyl (C=O) groups is 2. The fourth-order valence-corrected chi connectivity index (χ4v) is 3.44. The number of ether oxygens (including phenoxy) is 2. The SMILES string of the molecule is CN(Cc1ccsc1)C(=O)COC(=O)COc1ccccc1Cc1ccccc1. The highest BCUT2D eigenvalue weighted by Gasteiger charge is 2.14. The molecule has 0 saturated heterocycles. The van der Waals surface area contributed by atoms with E-state index >= 15 is 0 Å². The van der Waals surface area contributed by atoms with Crippen LogP contribution in [0, 0.1) is 0 Å². The van der Waals surface area contributed by atoms with Gasteiger partial charge in [-0.15, -0.1) is 0 Å². The highest BCUT2D eigenvalue weighted by Crippen LogP contribution is 2.21. The Morgan fingerprint density at radius 2 is 1.69 bits per heavy atom. The van der Waals surface area contributed by atoms with E-state index in [1.165, 1.54) is 4.90 Å². The van der Waals surface area contributed by atoms with Crippen LogP contribution < -0.4 is 4.74 Å². The van der Waals surface area contributed by atoms with Crippen molar-refractivity contribution in [3.8, 4) is 5.75 Å². The Hall–Kier alpha value is -3.12. The molecule has 2 aromatic carbocycles. The van der Waals surface area contributed by atoms with Crippen LogP contribution in [-0.2, 0) is 27.3 Å². The van der Waals surface area contributed by atoms with Crippen molar-refractivity contribution in [1.82, 2.24) is 4.90 Å². The second-order valence-corrected chi connectivity index (χ2v) is 7.38. The van der Waals surface area contributed by atoms with Gasteiger partial charge in [0.05, 0.1) is 0 Å². The van der Waals surface area contributed by atoms with Crippen LogP contribution in [0.2, 0.25) is 0 Å². The Balaban J connectivity index is 1.46. The Morgan fingerprint density at radius 1 is 0.931 bits per heavy atom. The van der Waals surface area contributed by atoms with E-state index in [1.54, 1.807) is 18.4 Å². The van der Waals surface area contributed by atoms with Crippen molar-refractivity contribution in [2.45, 2.75) is 13.0 Å². The summed E-state index contributed by atoms with van der Waals surface area (Å²) in [5, 5.41) is 3.94. The Labute approximate surface area is 174 Å². The molecule has 3 aromatic rings. The first-order valence-electron chi connectivity index (χ1n) is 9.27. The molecule has 0 radical (unpaired) electrons. The minimum absolute atomic E-state index is 0.243. The molecule has 0 spiro atoms. The molecule has 3 rings (SSSR count). The standard InChI is InChI=1S/C23H23NO4S/c1-24(14-19-11-12-29-17-19)22(25)15-28-23(26)16-27-21-10-6-5-9-20(21)13-18-7-3-2-4-8-18/h2-12,17H,13-16H2,1H3. The number of hydrogen-bond donors (Lipinski definition) is 0. The van der Waals surface area contributed by atoms with E-state index in [2.05, 4.69) is 0 Å². The van der Waals surface area contributed by atoms with Crippen molar-refractivity contribution in [2.24, 2.45) is 0 Å². The summed E-state index contributed by atoms with van der Waals surface area (Å²) in [6, 6.07) is 19.6. The maximum Gasteiger partial charge on any atom is 0.344 e. The first-order valence-corrected chi connectivity index (χ1v) is 10.2. The number of nitrogens with zero attached hydrogens (tertiary/aromatic N) is 1. The fraction of sp³-hybridized carbons (Fsp3) is 0.217. The van der Waals surface area contributed by atoms with Gasteiger partial charge >= 0.3 is 5.97 Å². The lowest BCUT2D eigenvalue weighted by atomic mass is 10.0. The summed E-state index contributed by atoms with van der Waals surface area (Å²) in [6.45, 7) is -0.0505. The van der Waals surface area contributed by atoms with Gasteiger partial charge in [-0.1, -0.05) is 48.5 Å². The van der Waals surface area contributed by atoms with Crippen LogP contribution in [0.4, 0.5) is 0 Å². The largest absolute Gasteiger partial charge is 0.482 e. The van der Waals surface area contributed by atoms with Gasteiger partial charge in [-0.05, 0) is 39.6 Å². The van der Waals surface area contributed by atoms with Gasteiger partial charge in [-0.3, -0.25) is 4.79 Å². The van der Waals surface area contributed by atoms with Crippen molar-refractivity contribution < 1.29 is 19.1 Å². The third-order valence-electron chi connectivity index (χ3n) is 4.34. The zero-order chi connectivity index (χ0) is 20.5. The second kappa shape index (κ2) is 10.4. The van der Waals surface area contributed by atoms with Gasteiger partial charge in [-0.25, -0.2) is 4.79 Å². The summed E-state index contributed by atoms with van der Waals surface area (Å²) >= 11 is 1.58. The molecule has 0 bridgehead atoms. The van der Waals surface area contributed by atoms with Crippen molar-refractivity contribution in [1.29, 1.82) is 0 Å². The third kappa shape index (κ3) is 6.47. The topological polar surface area (TPSA) is 55.8 Å². The summed E-state index contributed by atoms with van der Waals surface area (Å²) in [4.78, 5) is 25.7. The molecule has 29 heavy (non-hydrogen) atoms. The molecule has 0 N–H and O–H groups in total. The summed E-state index contributed by atoms with van der Waals surface area (Å²) in [7, 11) is 1.68. The first kappa shape index (κ1) is 20.6. The lowest BCUT2D eigenvalue weighted by molar-refractivity contribution is -0.153. The summed E-state index contributed by atoms with van der Waals surface area (Å²) < 4.78 is 10.7. The van der Waals surface area contributed by atoms with Crippen LogP contribution in [0.15, 0.2) is 71.4 Å². The molecule has 0 aliphatic rings. The van der Waals surface area contributed by atoms with Crippen molar-refractivity contribution in [3.05, 3.63) is 88.1 Å². The van der Waals surface area contributed by atoms with Crippen molar-refractivity contribution in [2.75, 3.05) is 20.3 Å². The van der Waals surface area contributed by atoms with E-state index in [4.69, 9.17) is 9.47 Å². The Bertz CT molecular complexity index is 925. The molecule has 0 fully saturated rings. The average Bonchev–Trinajstić information content (AvgIpc) is 3.25. The number of benzene rings is 2. The van der Waals surface area contributed by atoms with E-state index in [9.17, 15) is 9.59 Å². The van der Waals surface area contributed by atoms with Gasteiger partial charge in [0.25, 0.3) is 5.91 Å². The smallest absolute Gasteiger partial charge is 0.344 e. The zero-order valence-electron chi connectivity index (χ0n) is 16.2. The lowest BCUT2D eigenvalue weighted by Crippen LogP contribution is -2.31. The Kier molecular flexibility index (Phi) is 7.41. The number of rotatable bonds is 9. The molecule has 0 aliphatic heterocycles. The molecular formula is C23H23NO4S. The number of amides is 1. The minimum atomic E-state index is -0.572. The average molecular weight is 410 g/mol. The van der Waals surface area contributed by atoms with Crippen LogP contribution in [0.3, 0.4) is 0 Å². The lowest BCUT2D eigenvalue weighted by Gasteiger charge is -2.16. The van der Waals surface area contributed by atoms with Crippen molar-refractivity contribution in [3.63, 3.8) is 0 Å². The number of hydrogen-bond acceptors (Lipinski definition) is 5. The number of esters is 1. The van der Waals surface area contributed by atoms with E-state index in [1.807, 2.05) is 71.4 Å². The van der Waals surface area contributed by atoms with E-state index in [0.717, 1.165) is 16.7 Å². The summed E-state index contributed by atoms with van der Waals surface area (Å²) in [5.74, 6) is -0.194. The fourth-order valence-electron chi connectivity index (χ4n) is 2.78. The zero-order valence-corrected chi connectivity index (χ0v) is 17.1. The molecule has 5 nitrogen and oxygen atoms in total. The predicted molar refractivity (Wildman–Crippen MR) is 113 cm³/mol. The quantitative estimate of drug-likeness (QED) is 0.503. The van der Waals surface area contributed by atoms with Crippen LogP contribution >= 0.6 is 11.3 Å². The van der Waals surface area contributed by atoms with Gasteiger partial charge in [0.15, 0.2) is 13.2 Å². The normalized spacial score (nSPS) is 10.4. The summed E-state index contributed by atoms with van der Waals surface area (Å²) in [6.07, 6.45) is 0.706. The number of likely N-dealkylation sites (N-methyl/N-ethyl adjacent to an activating group) is 1. The van der Waals surface area contributed by atoms with Crippen LogP contribution in [-0.4, -0.2) is 37.0 Å². The number of carbonyl (C=O) groups excluding carboxylic acids is 2. The minimum Gasteiger partial charge on any atom is -0.482 e. The molecule has 0 aliphatic carbocycles. The van der Waals surface area contributed by atoms with Crippen LogP contribution in [0.1, 0.15) is 16.7 Å². The highest BCUT2D eigenvalue weighted by molar-refractivity contribution is 7.07. The monoisotopic (exact) mass is 409 g/mol. The molecular weight excluding hydrogens is 386 g/mol. The Morgan fingerprint density at radius 3 is 2.45 bits per heavy atom. The van der Waals surface area contributed by atoms with Crippen LogP contribution in [0.25, 0.3) is 0 Å². The third-order valence-corrected chi connectivity index (χ3v) is 5.07. The van der Waals surface area contributed by atoms with Gasteiger partial charge in [-0.2, -0.15) is 11.3 Å². The van der Waals surface area contributed by atoms with E-state index in [-0.39, 0.29) is 19.1 Å². The van der Waals surface area contributed by atoms with Crippen molar-refractivity contribution >= 4 is 23.2 Å². The van der Waals surface area contributed by atoms with Gasteiger partial charge in [0.2, 0.25) is 0 Å². The van der Waals surface area contributed by atoms with Gasteiger partial charge in [0, 0.05) is 20.0 Å². The van der Waals surface area contributed by atoms with Gasteiger partial charge in [0.1, 0.15) is 5.75 Å². The molecule has 6 heteroatoms. The second-order valence-electron chi connectivity index (χ2n) is 6.60. The van der Waals surface area contributed by atoms with Crippen LogP contribution in [0.5, 0.6) is 5.75 Å². The maximum absolute atomic E-state index is 12.1. The summed E-state index contributed by atoms with van der Waals surface area (Å²) in [5.41, 5.74) is 3.19. The molecule has 0 saturated carbocycles. The first-order chi connectivity index (χ1) is 14.1.